The van der Waals surface area contributed by atoms with Crippen LogP contribution in [-0.2, 0) is 14.4 Å². The monoisotopic (exact) mass is 488 g/mol. The Labute approximate surface area is 200 Å². The maximum absolute atomic E-state index is 13.4. The van der Waals surface area contributed by atoms with Gasteiger partial charge in [0, 0.05) is 10.0 Å². The van der Waals surface area contributed by atoms with Crippen molar-refractivity contribution in [2.24, 2.45) is 23.7 Å². The lowest BCUT2D eigenvalue weighted by atomic mass is 9.85. The van der Waals surface area contributed by atoms with Gasteiger partial charge in [-0.25, -0.2) is 0 Å². The number of hydrogen-bond donors (Lipinski definition) is 1. The van der Waals surface area contributed by atoms with Crippen LogP contribution in [0.4, 0.5) is 5.69 Å². The number of hydrogen-bond acceptors (Lipinski definition) is 3. The molecule has 3 aliphatic rings. The minimum Gasteiger partial charge on any atom is -0.325 e. The third kappa shape index (κ3) is 3.62. The van der Waals surface area contributed by atoms with Gasteiger partial charge in [-0.3, -0.25) is 19.3 Å². The molecule has 0 aromatic heterocycles. The zero-order valence-corrected chi connectivity index (χ0v) is 19.1. The topological polar surface area (TPSA) is 66.5 Å². The van der Waals surface area contributed by atoms with Crippen molar-refractivity contribution in [3.63, 3.8) is 0 Å². The van der Waals surface area contributed by atoms with E-state index in [9.17, 15) is 14.4 Å². The van der Waals surface area contributed by atoms with Gasteiger partial charge in [-0.15, -0.1) is 0 Å². The standard InChI is InChI=1S/C24H19Cl3N2O3/c25-15-5-3-12(4-6-15)19(11-20(30)28-18-8-7-16(26)10-17(18)27)29-23(31)21-13-1-2-14(9-13)22(21)24(29)32/h1-8,10,13-14,19,21-22H,9,11H2,(H,28,30). The third-order valence-electron chi connectivity index (χ3n) is 6.65. The third-order valence-corrected chi connectivity index (χ3v) is 7.45. The largest absolute Gasteiger partial charge is 0.325 e. The van der Waals surface area contributed by atoms with Gasteiger partial charge in [-0.1, -0.05) is 59.1 Å². The maximum Gasteiger partial charge on any atom is 0.234 e. The van der Waals surface area contributed by atoms with E-state index in [0.717, 1.165) is 6.42 Å². The van der Waals surface area contributed by atoms with Crippen molar-refractivity contribution in [1.82, 2.24) is 4.90 Å². The van der Waals surface area contributed by atoms with Crippen LogP contribution in [0.2, 0.25) is 15.1 Å². The second-order valence-electron chi connectivity index (χ2n) is 8.49. The molecule has 1 aliphatic heterocycles. The summed E-state index contributed by atoms with van der Waals surface area (Å²) in [6, 6.07) is 10.9. The first-order chi connectivity index (χ1) is 15.3. The van der Waals surface area contributed by atoms with Gasteiger partial charge >= 0.3 is 0 Å². The van der Waals surface area contributed by atoms with Crippen molar-refractivity contribution < 1.29 is 14.4 Å². The highest BCUT2D eigenvalue weighted by Gasteiger charge is 2.60. The Morgan fingerprint density at radius 3 is 2.12 bits per heavy atom. The maximum atomic E-state index is 13.4. The predicted molar refractivity (Wildman–Crippen MR) is 123 cm³/mol. The van der Waals surface area contributed by atoms with Crippen LogP contribution < -0.4 is 5.32 Å². The molecule has 1 N–H and O–H groups in total. The smallest absolute Gasteiger partial charge is 0.234 e. The molecule has 5 nitrogen and oxygen atoms in total. The Bertz CT molecular complexity index is 1120. The van der Waals surface area contributed by atoms with Crippen molar-refractivity contribution in [3.8, 4) is 0 Å². The first kappa shape index (κ1) is 21.5. The number of carbonyl (C=O) groups excluding carboxylic acids is 3. The number of amides is 3. The van der Waals surface area contributed by atoms with Crippen LogP contribution in [0.15, 0.2) is 54.6 Å². The second kappa shape index (κ2) is 8.22. The Hall–Kier alpha value is -2.34. The lowest BCUT2D eigenvalue weighted by molar-refractivity contribution is -0.144. The number of imide groups is 1. The summed E-state index contributed by atoms with van der Waals surface area (Å²) in [5, 5.41) is 4.05. The Morgan fingerprint density at radius 1 is 0.938 bits per heavy atom. The van der Waals surface area contributed by atoms with E-state index in [0.29, 0.717) is 26.3 Å². The molecule has 164 valence electrons. The zero-order chi connectivity index (χ0) is 22.6. The summed E-state index contributed by atoms with van der Waals surface area (Å²) in [7, 11) is 0. The summed E-state index contributed by atoms with van der Waals surface area (Å²) in [5.74, 6) is -1.24. The summed E-state index contributed by atoms with van der Waals surface area (Å²) >= 11 is 18.2. The number of rotatable bonds is 5. The summed E-state index contributed by atoms with van der Waals surface area (Å²) in [6.45, 7) is 0. The number of allylic oxidation sites excluding steroid dienone is 2. The van der Waals surface area contributed by atoms with Crippen LogP contribution in [0.3, 0.4) is 0 Å². The molecule has 8 heteroatoms. The van der Waals surface area contributed by atoms with Crippen LogP contribution >= 0.6 is 34.8 Å². The predicted octanol–water partition coefficient (Wildman–Crippen LogP) is 5.52. The molecule has 5 rings (SSSR count). The highest BCUT2D eigenvalue weighted by molar-refractivity contribution is 6.36. The van der Waals surface area contributed by atoms with Gasteiger partial charge in [0.15, 0.2) is 0 Å². The number of carbonyl (C=O) groups is 3. The highest BCUT2D eigenvalue weighted by Crippen LogP contribution is 2.54. The number of nitrogens with one attached hydrogen (secondary N) is 1. The number of halogens is 3. The van der Waals surface area contributed by atoms with Gasteiger partial charge in [0.2, 0.25) is 17.7 Å². The first-order valence-corrected chi connectivity index (χ1v) is 11.5. The second-order valence-corrected chi connectivity index (χ2v) is 9.77. The zero-order valence-electron chi connectivity index (χ0n) is 16.8. The quantitative estimate of drug-likeness (QED) is 0.444. The summed E-state index contributed by atoms with van der Waals surface area (Å²) < 4.78 is 0. The van der Waals surface area contributed by atoms with Crippen LogP contribution in [0.25, 0.3) is 0 Å². The van der Waals surface area contributed by atoms with E-state index in [2.05, 4.69) is 5.32 Å². The van der Waals surface area contributed by atoms with E-state index < -0.39 is 6.04 Å². The van der Waals surface area contributed by atoms with Gasteiger partial charge in [-0.05, 0) is 54.2 Å². The molecule has 32 heavy (non-hydrogen) atoms. The normalized spacial score (nSPS) is 26.5. The summed E-state index contributed by atoms with van der Waals surface area (Å²) in [5.41, 5.74) is 1.09. The summed E-state index contributed by atoms with van der Waals surface area (Å²) in [6.07, 6.45) is 4.85. The van der Waals surface area contributed by atoms with Crippen LogP contribution in [0.1, 0.15) is 24.4 Å². The van der Waals surface area contributed by atoms with Crippen LogP contribution in [0, 0.1) is 23.7 Å². The molecule has 0 radical (unpaired) electrons. The van der Waals surface area contributed by atoms with Crippen molar-refractivity contribution >= 4 is 58.2 Å². The number of anilines is 1. The fraction of sp³-hybridized carbons (Fsp3) is 0.292. The molecular weight excluding hydrogens is 471 g/mol. The fourth-order valence-electron chi connectivity index (χ4n) is 5.24. The number of likely N-dealkylation sites (tertiary alicyclic amines) is 1. The van der Waals surface area contributed by atoms with E-state index in [1.807, 2.05) is 12.2 Å². The van der Waals surface area contributed by atoms with Gasteiger partial charge < -0.3 is 5.32 Å². The lowest BCUT2D eigenvalue weighted by Gasteiger charge is -2.28. The minimum absolute atomic E-state index is 0.0963. The van der Waals surface area contributed by atoms with Crippen LogP contribution in [-0.4, -0.2) is 22.6 Å². The van der Waals surface area contributed by atoms with E-state index >= 15 is 0 Å². The van der Waals surface area contributed by atoms with E-state index in [1.54, 1.807) is 36.4 Å². The van der Waals surface area contributed by atoms with Crippen molar-refractivity contribution in [1.29, 1.82) is 0 Å². The van der Waals surface area contributed by atoms with E-state index in [1.165, 1.54) is 11.0 Å². The molecular formula is C24H19Cl3N2O3. The van der Waals surface area contributed by atoms with E-state index in [4.69, 9.17) is 34.8 Å². The van der Waals surface area contributed by atoms with Gasteiger partial charge in [0.25, 0.3) is 0 Å². The molecule has 0 spiro atoms. The summed E-state index contributed by atoms with van der Waals surface area (Å²) in [4.78, 5) is 41.0. The van der Waals surface area contributed by atoms with Crippen molar-refractivity contribution in [3.05, 3.63) is 75.2 Å². The molecule has 2 aromatic carbocycles. The molecule has 1 saturated heterocycles. The fourth-order valence-corrected chi connectivity index (χ4v) is 5.83. The van der Waals surface area contributed by atoms with Crippen molar-refractivity contribution in [2.45, 2.75) is 18.9 Å². The molecule has 2 aromatic rings. The highest BCUT2D eigenvalue weighted by atomic mass is 35.5. The lowest BCUT2D eigenvalue weighted by Crippen LogP contribution is -2.38. The van der Waals surface area contributed by atoms with Gasteiger partial charge in [-0.2, -0.15) is 0 Å². The van der Waals surface area contributed by atoms with Gasteiger partial charge in [0.1, 0.15) is 0 Å². The van der Waals surface area contributed by atoms with Crippen molar-refractivity contribution in [2.75, 3.05) is 5.32 Å². The molecule has 1 saturated carbocycles. The molecule has 2 fully saturated rings. The molecule has 5 unspecified atom stereocenters. The minimum atomic E-state index is -0.733. The first-order valence-electron chi connectivity index (χ1n) is 10.4. The van der Waals surface area contributed by atoms with Crippen LogP contribution in [0.5, 0.6) is 0 Å². The number of benzene rings is 2. The molecule has 2 aliphatic carbocycles. The molecule has 2 bridgehead atoms. The van der Waals surface area contributed by atoms with Gasteiger partial charge in [0.05, 0.1) is 35.0 Å². The Balaban J connectivity index is 1.44. The number of fused-ring (bicyclic) bond motifs is 5. The SMILES string of the molecule is O=C(CC(c1ccc(Cl)cc1)N1C(=O)C2C3C=CC(C3)C2C1=O)Nc1ccc(Cl)cc1Cl. The molecule has 3 amide bonds. The Kier molecular flexibility index (Phi) is 5.52. The average molecular weight is 490 g/mol. The Morgan fingerprint density at radius 2 is 1.53 bits per heavy atom. The number of nitrogens with zero attached hydrogens (tertiary/aromatic N) is 1. The molecule has 1 heterocycles. The molecule has 5 atom stereocenters. The van der Waals surface area contributed by atoms with E-state index in [-0.39, 0.29) is 47.8 Å². The average Bonchev–Trinajstić information content (AvgIpc) is 3.43.